The standard InChI is InChI=1S/C26H21F6N5O2S/c1-36(2)14-13-34-40(38,39)21-11-4-17(5-12-21)3-6-19-16-33-37-23(26(30,31)32)15-22(35-24(19)37)18-7-9-20(10-8-18)25(27,28)29/h4-5,7-12,15-16,34H,13-14H2,1-2H3. The number of hydrogen-bond acceptors (Lipinski definition) is 5. The Balaban J connectivity index is 1.68. The second-order valence-electron chi connectivity index (χ2n) is 8.87. The quantitative estimate of drug-likeness (QED) is 0.265. The summed E-state index contributed by atoms with van der Waals surface area (Å²) in [6.07, 6.45) is -8.36. The van der Waals surface area contributed by atoms with E-state index in [-0.39, 0.29) is 33.9 Å². The van der Waals surface area contributed by atoms with Crippen molar-refractivity contribution >= 4 is 15.7 Å². The molecule has 2 aromatic carbocycles. The van der Waals surface area contributed by atoms with Crippen LogP contribution < -0.4 is 4.72 Å². The summed E-state index contributed by atoms with van der Waals surface area (Å²) < 4.78 is 108. The van der Waals surface area contributed by atoms with Gasteiger partial charge in [0.2, 0.25) is 10.0 Å². The van der Waals surface area contributed by atoms with Crippen molar-refractivity contribution in [2.45, 2.75) is 17.2 Å². The molecule has 0 aliphatic carbocycles. The zero-order chi connectivity index (χ0) is 29.3. The number of aromatic nitrogens is 3. The van der Waals surface area contributed by atoms with Crippen LogP contribution in [0.3, 0.4) is 0 Å². The van der Waals surface area contributed by atoms with Crippen molar-refractivity contribution in [2.75, 3.05) is 27.2 Å². The van der Waals surface area contributed by atoms with Gasteiger partial charge in [0.05, 0.1) is 27.9 Å². The van der Waals surface area contributed by atoms with Gasteiger partial charge in [-0.15, -0.1) is 0 Å². The van der Waals surface area contributed by atoms with Crippen molar-refractivity contribution < 1.29 is 34.8 Å². The maximum atomic E-state index is 13.8. The largest absolute Gasteiger partial charge is 0.433 e. The Kier molecular flexibility index (Phi) is 7.93. The summed E-state index contributed by atoms with van der Waals surface area (Å²) in [5.74, 6) is 5.44. The van der Waals surface area contributed by atoms with E-state index >= 15 is 0 Å². The molecule has 2 aromatic heterocycles. The molecule has 0 radical (unpaired) electrons. The molecular weight excluding hydrogens is 560 g/mol. The van der Waals surface area contributed by atoms with E-state index in [2.05, 4.69) is 26.6 Å². The number of alkyl halides is 6. The molecule has 14 heteroatoms. The van der Waals surface area contributed by atoms with E-state index in [4.69, 9.17) is 0 Å². The number of hydrogen-bond donors (Lipinski definition) is 1. The average molecular weight is 582 g/mol. The Labute approximate surface area is 225 Å². The number of fused-ring (bicyclic) bond motifs is 1. The Morgan fingerprint density at radius 3 is 2.15 bits per heavy atom. The number of likely N-dealkylation sites (N-methyl/N-ethyl adjacent to an activating group) is 1. The first kappa shape index (κ1) is 29.1. The van der Waals surface area contributed by atoms with Gasteiger partial charge in [-0.3, -0.25) is 0 Å². The van der Waals surface area contributed by atoms with Crippen LogP contribution >= 0.6 is 0 Å². The molecule has 0 bridgehead atoms. The summed E-state index contributed by atoms with van der Waals surface area (Å²) in [6.45, 7) is 0.722. The summed E-state index contributed by atoms with van der Waals surface area (Å²) in [6, 6.07) is 9.87. The van der Waals surface area contributed by atoms with Gasteiger partial charge >= 0.3 is 12.4 Å². The number of halogens is 6. The lowest BCUT2D eigenvalue weighted by molar-refractivity contribution is -0.142. The van der Waals surface area contributed by atoms with Crippen molar-refractivity contribution in [3.63, 3.8) is 0 Å². The molecule has 0 saturated heterocycles. The summed E-state index contributed by atoms with van der Waals surface area (Å²) in [5.41, 5.74) is -2.15. The Morgan fingerprint density at radius 1 is 0.925 bits per heavy atom. The number of nitrogens with one attached hydrogen (secondary N) is 1. The van der Waals surface area contributed by atoms with Gasteiger partial charge in [0.15, 0.2) is 11.3 Å². The first-order chi connectivity index (χ1) is 18.6. The normalized spacial score (nSPS) is 12.5. The predicted molar refractivity (Wildman–Crippen MR) is 135 cm³/mol. The van der Waals surface area contributed by atoms with Crippen molar-refractivity contribution in [1.29, 1.82) is 0 Å². The third kappa shape index (κ3) is 6.61. The van der Waals surface area contributed by atoms with Gasteiger partial charge in [-0.05, 0) is 56.6 Å². The molecule has 0 aliphatic rings. The van der Waals surface area contributed by atoms with Gasteiger partial charge in [0.25, 0.3) is 0 Å². The highest BCUT2D eigenvalue weighted by Gasteiger charge is 2.36. The molecule has 0 amide bonds. The lowest BCUT2D eigenvalue weighted by Gasteiger charge is -2.12. The zero-order valence-electron chi connectivity index (χ0n) is 21.0. The van der Waals surface area contributed by atoms with Gasteiger partial charge in [-0.2, -0.15) is 31.4 Å². The highest BCUT2D eigenvalue weighted by atomic mass is 32.2. The van der Waals surface area contributed by atoms with E-state index < -0.39 is 33.6 Å². The highest BCUT2D eigenvalue weighted by molar-refractivity contribution is 7.89. The Hall–Kier alpha value is -3.93. The van der Waals surface area contributed by atoms with Crippen LogP contribution in [0.5, 0.6) is 0 Å². The van der Waals surface area contributed by atoms with Gasteiger partial charge in [0.1, 0.15) is 0 Å². The van der Waals surface area contributed by atoms with E-state index in [1.807, 2.05) is 4.90 Å². The lowest BCUT2D eigenvalue weighted by Crippen LogP contribution is -2.31. The van der Waals surface area contributed by atoms with Crippen LogP contribution in [0.4, 0.5) is 26.3 Å². The SMILES string of the molecule is CN(C)CCNS(=O)(=O)c1ccc(C#Cc2cnn3c(C(F)(F)F)cc(-c4ccc(C(F)(F)F)cc4)nc23)cc1. The molecule has 0 saturated carbocycles. The molecule has 4 rings (SSSR count). The van der Waals surface area contributed by atoms with Crippen molar-refractivity contribution in [2.24, 2.45) is 0 Å². The second-order valence-corrected chi connectivity index (χ2v) is 10.6. The second kappa shape index (κ2) is 10.9. The first-order valence-electron chi connectivity index (χ1n) is 11.6. The first-order valence-corrected chi connectivity index (χ1v) is 13.0. The van der Waals surface area contributed by atoms with Crippen molar-refractivity contribution in [3.8, 4) is 23.1 Å². The molecule has 0 atom stereocenters. The van der Waals surface area contributed by atoms with Crippen LogP contribution in [-0.2, 0) is 22.4 Å². The minimum atomic E-state index is -4.85. The van der Waals surface area contributed by atoms with Crippen LogP contribution in [0, 0.1) is 11.8 Å². The van der Waals surface area contributed by atoms with E-state index in [0.29, 0.717) is 22.7 Å². The molecule has 40 heavy (non-hydrogen) atoms. The average Bonchev–Trinajstić information content (AvgIpc) is 3.28. The van der Waals surface area contributed by atoms with Crippen LogP contribution in [0.1, 0.15) is 22.4 Å². The van der Waals surface area contributed by atoms with E-state index in [1.165, 1.54) is 24.3 Å². The maximum absolute atomic E-state index is 13.8. The Morgan fingerprint density at radius 2 is 1.57 bits per heavy atom. The van der Waals surface area contributed by atoms with Crippen molar-refractivity contribution in [1.82, 2.24) is 24.2 Å². The Bertz CT molecular complexity index is 1680. The molecule has 4 aromatic rings. The highest BCUT2D eigenvalue weighted by Crippen LogP contribution is 2.34. The predicted octanol–water partition coefficient (Wildman–Crippen LogP) is 4.67. The molecule has 0 aliphatic heterocycles. The fourth-order valence-electron chi connectivity index (χ4n) is 3.57. The number of nitrogens with zero attached hydrogens (tertiary/aromatic N) is 4. The molecule has 7 nitrogen and oxygen atoms in total. The maximum Gasteiger partial charge on any atom is 0.433 e. The van der Waals surface area contributed by atoms with Gasteiger partial charge < -0.3 is 4.90 Å². The number of rotatable bonds is 6. The van der Waals surface area contributed by atoms with Crippen LogP contribution in [-0.4, -0.2) is 55.1 Å². The van der Waals surface area contributed by atoms with Crippen molar-refractivity contribution in [3.05, 3.63) is 83.2 Å². The lowest BCUT2D eigenvalue weighted by atomic mass is 10.1. The van der Waals surface area contributed by atoms with Gasteiger partial charge in [-0.1, -0.05) is 24.0 Å². The molecule has 0 fully saturated rings. The van der Waals surface area contributed by atoms with E-state index in [0.717, 1.165) is 30.5 Å². The molecule has 0 spiro atoms. The minimum Gasteiger partial charge on any atom is -0.308 e. The fourth-order valence-corrected chi connectivity index (χ4v) is 4.60. The van der Waals surface area contributed by atoms with Gasteiger partial charge in [0, 0.05) is 24.2 Å². The molecule has 0 unspecified atom stereocenters. The molecule has 1 N–H and O–H groups in total. The fraction of sp³-hybridized carbons (Fsp3) is 0.231. The summed E-state index contributed by atoms with van der Waals surface area (Å²) in [5, 5.41) is 3.76. The van der Waals surface area contributed by atoms with Crippen LogP contribution in [0.2, 0.25) is 0 Å². The van der Waals surface area contributed by atoms with Crippen LogP contribution in [0.15, 0.2) is 65.7 Å². The number of benzene rings is 2. The number of sulfonamides is 1. The van der Waals surface area contributed by atoms with Gasteiger partial charge in [-0.25, -0.2) is 22.6 Å². The third-order valence-corrected chi connectivity index (χ3v) is 7.10. The monoisotopic (exact) mass is 581 g/mol. The topological polar surface area (TPSA) is 79.6 Å². The summed E-state index contributed by atoms with van der Waals surface area (Å²) >= 11 is 0. The smallest absolute Gasteiger partial charge is 0.308 e. The summed E-state index contributed by atoms with van der Waals surface area (Å²) in [7, 11) is -0.125. The minimum absolute atomic E-state index is 0.0189. The van der Waals surface area contributed by atoms with E-state index in [1.54, 1.807) is 14.1 Å². The summed E-state index contributed by atoms with van der Waals surface area (Å²) in [4.78, 5) is 6.04. The molecular formula is C26H21F6N5O2S. The third-order valence-electron chi connectivity index (χ3n) is 5.63. The molecule has 2 heterocycles. The van der Waals surface area contributed by atoms with Crippen LogP contribution in [0.25, 0.3) is 16.9 Å². The van der Waals surface area contributed by atoms with E-state index in [9.17, 15) is 34.8 Å². The molecule has 210 valence electrons. The zero-order valence-corrected chi connectivity index (χ0v) is 21.8.